The molecule has 4 aromatic rings. The summed E-state index contributed by atoms with van der Waals surface area (Å²) in [5.41, 5.74) is 2.78. The normalized spacial score (nSPS) is 13.7. The average Bonchev–Trinajstić information content (AvgIpc) is 3.03. The van der Waals surface area contributed by atoms with Gasteiger partial charge in [-0.2, -0.15) is 0 Å². The van der Waals surface area contributed by atoms with Crippen molar-refractivity contribution in [2.45, 2.75) is 6.42 Å². The van der Waals surface area contributed by atoms with Crippen LogP contribution in [0.4, 0.5) is 5.69 Å². The van der Waals surface area contributed by atoms with E-state index in [1.807, 2.05) is 0 Å². The number of fused-ring (bicyclic) bond motifs is 7. The molecule has 0 saturated carbocycles. The second-order valence-corrected chi connectivity index (χ2v) is 5.82. The topological polar surface area (TPSA) is 12.0 Å². The van der Waals surface area contributed by atoms with Crippen LogP contribution >= 0.6 is 0 Å². The highest BCUT2D eigenvalue weighted by Gasteiger charge is 2.14. The van der Waals surface area contributed by atoms with Crippen LogP contribution in [-0.2, 0) is 6.42 Å². The lowest BCUT2D eigenvalue weighted by Crippen LogP contribution is -1.92. The van der Waals surface area contributed by atoms with Gasteiger partial charge in [0, 0.05) is 17.6 Å². The minimum absolute atomic E-state index is 1.06. The molecule has 0 aromatic heterocycles. The maximum absolute atomic E-state index is 3.54. The molecule has 4 aromatic carbocycles. The number of benzene rings is 4. The fraction of sp³-hybridized carbons (Fsp3) is 0.100. The molecule has 100 valence electrons. The number of hydrogen-bond donors (Lipinski definition) is 1. The van der Waals surface area contributed by atoms with E-state index in [0.717, 1.165) is 13.0 Å². The van der Waals surface area contributed by atoms with Crippen molar-refractivity contribution in [3.8, 4) is 0 Å². The van der Waals surface area contributed by atoms with Gasteiger partial charge < -0.3 is 5.32 Å². The zero-order valence-electron chi connectivity index (χ0n) is 11.7. The van der Waals surface area contributed by atoms with Gasteiger partial charge in [0.15, 0.2) is 0 Å². The van der Waals surface area contributed by atoms with E-state index in [-0.39, 0.29) is 0 Å². The molecular formula is C20H15N. The standard InChI is InChI=1S/C20H15N/c1-2-4-15-13(3-1)5-7-17-16(15)9-10-19-18(17)8-6-14-11-12-21-20(14)19/h1-10,21H,11-12H2. The van der Waals surface area contributed by atoms with Crippen LogP contribution in [0.3, 0.4) is 0 Å². The highest BCUT2D eigenvalue weighted by Crippen LogP contribution is 2.37. The summed E-state index contributed by atoms with van der Waals surface area (Å²) in [5.74, 6) is 0. The molecule has 0 fully saturated rings. The van der Waals surface area contributed by atoms with Crippen molar-refractivity contribution in [3.63, 3.8) is 0 Å². The highest BCUT2D eigenvalue weighted by molar-refractivity contribution is 6.19. The van der Waals surface area contributed by atoms with Gasteiger partial charge in [0.05, 0.1) is 0 Å². The summed E-state index contributed by atoms with van der Waals surface area (Å²) in [6, 6.07) is 22.3. The number of anilines is 1. The Morgan fingerprint density at radius 1 is 0.619 bits per heavy atom. The molecule has 1 heteroatoms. The molecule has 21 heavy (non-hydrogen) atoms. The summed E-state index contributed by atoms with van der Waals surface area (Å²) in [6.45, 7) is 1.06. The summed E-state index contributed by atoms with van der Waals surface area (Å²) in [7, 11) is 0. The van der Waals surface area contributed by atoms with Crippen molar-refractivity contribution in [2.75, 3.05) is 11.9 Å². The van der Waals surface area contributed by atoms with E-state index in [0.29, 0.717) is 0 Å². The minimum atomic E-state index is 1.06. The van der Waals surface area contributed by atoms with Gasteiger partial charge in [0.2, 0.25) is 0 Å². The van der Waals surface area contributed by atoms with Gasteiger partial charge in [-0.25, -0.2) is 0 Å². The van der Waals surface area contributed by atoms with Crippen molar-refractivity contribution in [1.29, 1.82) is 0 Å². The summed E-state index contributed by atoms with van der Waals surface area (Å²) in [6.07, 6.45) is 1.14. The molecule has 0 radical (unpaired) electrons. The average molecular weight is 269 g/mol. The van der Waals surface area contributed by atoms with Gasteiger partial charge in [-0.3, -0.25) is 0 Å². The van der Waals surface area contributed by atoms with Crippen LogP contribution < -0.4 is 5.32 Å². The first-order chi connectivity index (χ1) is 10.4. The van der Waals surface area contributed by atoms with E-state index in [1.165, 1.54) is 43.6 Å². The molecule has 0 aliphatic carbocycles. The largest absolute Gasteiger partial charge is 0.384 e. The Morgan fingerprint density at radius 2 is 1.33 bits per heavy atom. The Morgan fingerprint density at radius 3 is 2.33 bits per heavy atom. The van der Waals surface area contributed by atoms with Crippen molar-refractivity contribution in [3.05, 3.63) is 66.2 Å². The van der Waals surface area contributed by atoms with E-state index in [2.05, 4.69) is 66.0 Å². The van der Waals surface area contributed by atoms with Gasteiger partial charge >= 0.3 is 0 Å². The maximum atomic E-state index is 3.54. The first-order valence-corrected chi connectivity index (χ1v) is 7.52. The molecule has 0 unspecified atom stereocenters. The lowest BCUT2D eigenvalue weighted by atomic mass is 9.95. The van der Waals surface area contributed by atoms with Gasteiger partial charge in [0.25, 0.3) is 0 Å². The fourth-order valence-electron chi connectivity index (χ4n) is 3.69. The lowest BCUT2D eigenvalue weighted by molar-refractivity contribution is 1.11. The van der Waals surface area contributed by atoms with E-state index in [1.54, 1.807) is 0 Å². The molecule has 0 amide bonds. The Balaban J connectivity index is 1.99. The molecule has 1 aliphatic rings. The SMILES string of the molecule is c1ccc2c(c1)ccc1c3ccc4c(c3ccc21)NCC4. The number of hydrogen-bond acceptors (Lipinski definition) is 1. The monoisotopic (exact) mass is 269 g/mol. The molecular weight excluding hydrogens is 254 g/mol. The first kappa shape index (κ1) is 11.2. The minimum Gasteiger partial charge on any atom is -0.384 e. The molecule has 1 aliphatic heterocycles. The van der Waals surface area contributed by atoms with Crippen molar-refractivity contribution >= 4 is 38.0 Å². The van der Waals surface area contributed by atoms with E-state index < -0.39 is 0 Å². The van der Waals surface area contributed by atoms with Crippen LogP contribution in [0.5, 0.6) is 0 Å². The third-order valence-electron chi connectivity index (χ3n) is 4.71. The lowest BCUT2D eigenvalue weighted by Gasteiger charge is -2.10. The summed E-state index contributed by atoms with van der Waals surface area (Å²) in [4.78, 5) is 0. The van der Waals surface area contributed by atoms with Gasteiger partial charge in [0.1, 0.15) is 0 Å². The predicted molar refractivity (Wildman–Crippen MR) is 91.2 cm³/mol. The Bertz CT molecular complexity index is 1010. The molecule has 1 nitrogen and oxygen atoms in total. The van der Waals surface area contributed by atoms with Crippen molar-refractivity contribution in [1.82, 2.24) is 0 Å². The molecule has 1 N–H and O–H groups in total. The highest BCUT2D eigenvalue weighted by atomic mass is 14.9. The van der Waals surface area contributed by atoms with Crippen LogP contribution in [0.15, 0.2) is 60.7 Å². The van der Waals surface area contributed by atoms with E-state index >= 15 is 0 Å². The maximum Gasteiger partial charge on any atom is 0.0453 e. The Kier molecular flexibility index (Phi) is 2.12. The fourth-order valence-corrected chi connectivity index (χ4v) is 3.69. The first-order valence-electron chi connectivity index (χ1n) is 7.52. The third-order valence-corrected chi connectivity index (χ3v) is 4.71. The van der Waals surface area contributed by atoms with Crippen LogP contribution in [0.25, 0.3) is 32.3 Å². The number of nitrogens with one attached hydrogen (secondary N) is 1. The Hall–Kier alpha value is -2.54. The quantitative estimate of drug-likeness (QED) is 0.437. The number of rotatable bonds is 0. The van der Waals surface area contributed by atoms with Crippen molar-refractivity contribution in [2.24, 2.45) is 0 Å². The molecule has 1 heterocycles. The summed E-state index contributed by atoms with van der Waals surface area (Å²) in [5, 5.41) is 11.6. The van der Waals surface area contributed by atoms with E-state index in [4.69, 9.17) is 0 Å². The summed E-state index contributed by atoms with van der Waals surface area (Å²) >= 11 is 0. The van der Waals surface area contributed by atoms with Gasteiger partial charge in [-0.05, 0) is 38.9 Å². The second-order valence-electron chi connectivity index (χ2n) is 5.82. The zero-order chi connectivity index (χ0) is 13.8. The molecule has 5 rings (SSSR count). The summed E-state index contributed by atoms with van der Waals surface area (Å²) < 4.78 is 0. The molecule has 0 atom stereocenters. The van der Waals surface area contributed by atoms with Crippen LogP contribution in [0, 0.1) is 0 Å². The van der Waals surface area contributed by atoms with Crippen LogP contribution in [0.2, 0.25) is 0 Å². The van der Waals surface area contributed by atoms with Crippen LogP contribution in [0.1, 0.15) is 5.56 Å². The van der Waals surface area contributed by atoms with E-state index in [9.17, 15) is 0 Å². The Labute approximate surface area is 123 Å². The van der Waals surface area contributed by atoms with Gasteiger partial charge in [-0.15, -0.1) is 0 Å². The molecule has 0 saturated heterocycles. The van der Waals surface area contributed by atoms with Crippen molar-refractivity contribution < 1.29 is 0 Å². The zero-order valence-corrected chi connectivity index (χ0v) is 11.7. The van der Waals surface area contributed by atoms with Gasteiger partial charge in [-0.1, -0.05) is 60.7 Å². The smallest absolute Gasteiger partial charge is 0.0453 e. The molecule has 0 bridgehead atoms. The van der Waals surface area contributed by atoms with Crippen LogP contribution in [-0.4, -0.2) is 6.54 Å². The third kappa shape index (κ3) is 1.46. The predicted octanol–water partition coefficient (Wildman–Crippen LogP) is 5.11. The molecule has 0 spiro atoms. The second kappa shape index (κ2) is 3.98.